The average Bonchev–Trinajstić information content (AvgIpc) is 1.88. The molecule has 0 spiro atoms. The maximum Gasteiger partial charge on any atom is 0.301 e. The van der Waals surface area contributed by atoms with Crippen molar-refractivity contribution >= 4 is 0 Å². The van der Waals surface area contributed by atoms with Gasteiger partial charge in [0.2, 0.25) is 0 Å². The van der Waals surface area contributed by atoms with E-state index in [1.54, 1.807) is 0 Å². The summed E-state index contributed by atoms with van der Waals surface area (Å²) in [7, 11) is 0. The van der Waals surface area contributed by atoms with Crippen molar-refractivity contribution in [2.75, 3.05) is 0 Å². The number of nitrogens with one attached hydrogen (secondary N) is 1. The van der Waals surface area contributed by atoms with Crippen LogP contribution in [0.2, 0.25) is 0 Å². The first-order chi connectivity index (χ1) is 4.79. The van der Waals surface area contributed by atoms with E-state index in [-0.39, 0.29) is 5.62 Å². The molecule has 7 nitrogen and oxygen atoms in total. The second-order valence-electron chi connectivity index (χ2n) is 1.33. The van der Waals surface area contributed by atoms with E-state index in [9.17, 15) is 10.1 Å². The zero-order valence-electron chi connectivity index (χ0n) is 4.76. The van der Waals surface area contributed by atoms with Crippen LogP contribution in [-0.2, 0) is 0 Å². The Morgan fingerprint density at radius 3 is 3.10 bits per heavy atom. The number of aromatic nitrogens is 3. The number of hydrogen-bond donors (Lipinski definition) is 1. The zero-order valence-corrected chi connectivity index (χ0v) is 4.76. The van der Waals surface area contributed by atoms with Crippen molar-refractivity contribution in [2.24, 2.45) is 5.10 Å². The van der Waals surface area contributed by atoms with Crippen molar-refractivity contribution in [1.29, 1.82) is 0 Å². The predicted molar refractivity (Wildman–Crippen MR) is 28.9 cm³/mol. The van der Waals surface area contributed by atoms with Gasteiger partial charge in [0.15, 0.2) is 5.03 Å². The van der Waals surface area contributed by atoms with Crippen LogP contribution in [0.1, 0.15) is 0 Å². The Kier molecular flexibility index (Phi) is 1.69. The zero-order chi connectivity index (χ0) is 7.40. The van der Waals surface area contributed by atoms with E-state index in [1.165, 1.54) is 12.7 Å². The van der Waals surface area contributed by atoms with Gasteiger partial charge in [-0.25, -0.2) is 15.1 Å². The molecule has 0 bridgehead atoms. The lowest BCUT2D eigenvalue weighted by Gasteiger charge is -1.78. The minimum atomic E-state index is -0.834. The summed E-state index contributed by atoms with van der Waals surface area (Å²) in [5.41, 5.74) is -0.0694. The number of nitrogens with zero attached hydrogens (tertiary/aromatic N) is 4. The Hall–Kier alpha value is -1.79. The van der Waals surface area contributed by atoms with Crippen molar-refractivity contribution in [1.82, 2.24) is 15.0 Å². The van der Waals surface area contributed by atoms with E-state index in [0.29, 0.717) is 0 Å². The average molecular weight is 141 g/mol. The van der Waals surface area contributed by atoms with Crippen LogP contribution in [0.3, 0.4) is 0 Å². The standard InChI is InChI=1S/C3H3N5O2/c9-8(10)7-3-5-1-4-2-6-3/h1-2H,(H,4,5,6,7). The fourth-order valence-corrected chi connectivity index (χ4v) is 0.386. The summed E-state index contributed by atoms with van der Waals surface area (Å²) in [5.74, 6) is 0. The van der Waals surface area contributed by atoms with Gasteiger partial charge in [0.25, 0.3) is 0 Å². The first kappa shape index (κ1) is 6.33. The molecule has 0 aromatic carbocycles. The lowest BCUT2D eigenvalue weighted by molar-refractivity contribution is -0.491. The van der Waals surface area contributed by atoms with E-state index < -0.39 is 5.03 Å². The second kappa shape index (κ2) is 2.67. The Morgan fingerprint density at radius 1 is 1.80 bits per heavy atom. The largest absolute Gasteiger partial charge is 0.310 e. The van der Waals surface area contributed by atoms with Gasteiger partial charge in [-0.15, -0.1) is 0 Å². The van der Waals surface area contributed by atoms with Crippen molar-refractivity contribution in [3.8, 4) is 0 Å². The van der Waals surface area contributed by atoms with Gasteiger partial charge >= 0.3 is 5.62 Å². The van der Waals surface area contributed by atoms with Gasteiger partial charge in [-0.3, -0.25) is 0 Å². The molecule has 1 heterocycles. The molecular formula is C3H3N5O2. The molecule has 0 saturated carbocycles. The van der Waals surface area contributed by atoms with Crippen LogP contribution in [0.25, 0.3) is 0 Å². The first-order valence-corrected chi connectivity index (χ1v) is 2.33. The Balaban J connectivity index is 3.06. The van der Waals surface area contributed by atoms with E-state index in [0.717, 1.165) is 0 Å². The van der Waals surface area contributed by atoms with Gasteiger partial charge in [0.05, 0.1) is 6.33 Å². The molecule has 1 aromatic rings. The molecule has 0 aliphatic heterocycles. The van der Waals surface area contributed by atoms with Crippen LogP contribution in [0.5, 0.6) is 0 Å². The van der Waals surface area contributed by atoms with Crippen LogP contribution < -0.4 is 5.62 Å². The summed E-state index contributed by atoms with van der Waals surface area (Å²) in [6, 6.07) is 0. The number of nitro groups is 1. The highest BCUT2D eigenvalue weighted by molar-refractivity contribution is 4.53. The normalized spacial score (nSPS) is 11.4. The van der Waals surface area contributed by atoms with E-state index in [4.69, 9.17) is 0 Å². The maximum absolute atomic E-state index is 9.73. The highest BCUT2D eigenvalue weighted by Gasteiger charge is 1.87. The third-order valence-electron chi connectivity index (χ3n) is 0.691. The lowest BCUT2D eigenvalue weighted by atomic mass is 11.0. The molecule has 0 aliphatic rings. The maximum atomic E-state index is 9.73. The summed E-state index contributed by atoms with van der Waals surface area (Å²) in [6.45, 7) is 0. The van der Waals surface area contributed by atoms with Gasteiger partial charge < -0.3 is 4.98 Å². The van der Waals surface area contributed by atoms with E-state index in [1.807, 2.05) is 0 Å². The quantitative estimate of drug-likeness (QED) is 0.396. The number of H-pyrrole nitrogens is 1. The minimum Gasteiger partial charge on any atom is -0.310 e. The fourth-order valence-electron chi connectivity index (χ4n) is 0.386. The lowest BCUT2D eigenvalue weighted by Crippen LogP contribution is -2.13. The van der Waals surface area contributed by atoms with Crippen molar-refractivity contribution in [3.63, 3.8) is 0 Å². The summed E-state index contributed by atoms with van der Waals surface area (Å²) in [5, 5.41) is 11.8. The van der Waals surface area contributed by atoms with Crippen LogP contribution in [0.4, 0.5) is 0 Å². The van der Waals surface area contributed by atoms with Crippen LogP contribution in [0.15, 0.2) is 17.8 Å². The molecule has 52 valence electrons. The highest BCUT2D eigenvalue weighted by atomic mass is 16.7. The van der Waals surface area contributed by atoms with Gasteiger partial charge in [-0.05, 0) is 0 Å². The smallest absolute Gasteiger partial charge is 0.301 e. The molecule has 7 heteroatoms. The van der Waals surface area contributed by atoms with Crippen LogP contribution >= 0.6 is 0 Å². The Bertz CT molecular complexity index is 273. The fraction of sp³-hybridized carbons (Fsp3) is 0. The molecule has 0 fully saturated rings. The van der Waals surface area contributed by atoms with E-state index in [2.05, 4.69) is 20.1 Å². The molecule has 1 rings (SSSR count). The molecule has 0 saturated heterocycles. The molecule has 10 heavy (non-hydrogen) atoms. The van der Waals surface area contributed by atoms with Crippen LogP contribution in [0, 0.1) is 10.1 Å². The Morgan fingerprint density at radius 2 is 2.60 bits per heavy atom. The molecule has 1 N–H and O–H groups in total. The monoisotopic (exact) mass is 141 g/mol. The minimum absolute atomic E-state index is 0.0694. The number of hydrogen-bond acceptors (Lipinski definition) is 4. The van der Waals surface area contributed by atoms with Crippen molar-refractivity contribution in [2.45, 2.75) is 0 Å². The second-order valence-corrected chi connectivity index (χ2v) is 1.33. The molecular weight excluding hydrogens is 138 g/mol. The van der Waals surface area contributed by atoms with Gasteiger partial charge in [-0.1, -0.05) is 0 Å². The van der Waals surface area contributed by atoms with Gasteiger partial charge in [0.1, 0.15) is 11.4 Å². The summed E-state index contributed by atoms with van der Waals surface area (Å²) in [4.78, 5) is 19.0. The topological polar surface area (TPSA) is 97.1 Å². The summed E-state index contributed by atoms with van der Waals surface area (Å²) in [6.07, 6.45) is 2.42. The molecule has 0 amide bonds. The third kappa shape index (κ3) is 1.62. The predicted octanol–water partition coefficient (Wildman–Crippen LogP) is -1.10. The summed E-state index contributed by atoms with van der Waals surface area (Å²) < 4.78 is 0. The highest BCUT2D eigenvalue weighted by Crippen LogP contribution is 1.62. The number of aromatic amines is 1. The first-order valence-electron chi connectivity index (χ1n) is 2.33. The molecule has 0 aliphatic carbocycles. The van der Waals surface area contributed by atoms with Crippen molar-refractivity contribution in [3.05, 3.63) is 28.4 Å². The molecule has 0 atom stereocenters. The SMILES string of the molecule is O=[N+]([O-])N=c1ncnc[nH]1. The van der Waals surface area contributed by atoms with Gasteiger partial charge in [-0.2, -0.15) is 4.98 Å². The summed E-state index contributed by atoms with van der Waals surface area (Å²) >= 11 is 0. The molecule has 0 radical (unpaired) electrons. The Labute approximate surface area is 54.6 Å². The third-order valence-corrected chi connectivity index (χ3v) is 0.691. The molecule has 0 unspecified atom stereocenters. The van der Waals surface area contributed by atoms with Gasteiger partial charge in [0, 0.05) is 0 Å². The van der Waals surface area contributed by atoms with Crippen molar-refractivity contribution < 1.29 is 5.03 Å². The number of rotatable bonds is 1. The van der Waals surface area contributed by atoms with Crippen LogP contribution in [-0.4, -0.2) is 20.0 Å². The molecule has 1 aromatic heterocycles. The van der Waals surface area contributed by atoms with E-state index >= 15 is 0 Å².